The van der Waals surface area contributed by atoms with Gasteiger partial charge in [-0.05, 0) is 43.4 Å². The summed E-state index contributed by atoms with van der Waals surface area (Å²) in [6.07, 6.45) is 0. The van der Waals surface area contributed by atoms with Crippen molar-refractivity contribution in [2.75, 3.05) is 0 Å². The van der Waals surface area contributed by atoms with E-state index in [4.69, 9.17) is 0 Å². The Morgan fingerprint density at radius 2 is 1.92 bits per heavy atom. The molecule has 1 N–H and O–H groups in total. The molecule has 1 rings (SSSR count). The van der Waals surface area contributed by atoms with Crippen molar-refractivity contribution in [3.63, 3.8) is 0 Å². The zero-order valence-electron chi connectivity index (χ0n) is 7.72. The number of aromatic amines is 1. The standard InChI is InChI=1S/C8H11IN2O2/c1-4(2)11-7(12)6(9)5(3)10-8(11)13/h4H,1-3H3,(H,10,13). The number of aromatic nitrogens is 2. The van der Waals surface area contributed by atoms with E-state index in [1.807, 2.05) is 36.4 Å². The molecule has 0 aliphatic heterocycles. The molecule has 0 spiro atoms. The first-order chi connectivity index (χ1) is 5.95. The lowest BCUT2D eigenvalue weighted by Gasteiger charge is -2.09. The predicted octanol–water partition coefficient (Wildman–Crippen LogP) is 1.03. The summed E-state index contributed by atoms with van der Waals surface area (Å²) >= 11 is 1.94. The van der Waals surface area contributed by atoms with Gasteiger partial charge in [-0.15, -0.1) is 0 Å². The van der Waals surface area contributed by atoms with E-state index in [0.29, 0.717) is 9.26 Å². The predicted molar refractivity (Wildman–Crippen MR) is 59.2 cm³/mol. The Morgan fingerprint density at radius 1 is 1.38 bits per heavy atom. The molecule has 0 fully saturated rings. The molecule has 0 unspecified atom stereocenters. The smallest absolute Gasteiger partial charge is 0.310 e. The molecule has 0 aromatic carbocycles. The molecule has 1 heterocycles. The number of rotatable bonds is 1. The Bertz CT molecular complexity index is 431. The summed E-state index contributed by atoms with van der Waals surface area (Å²) in [6, 6.07) is -0.106. The highest BCUT2D eigenvalue weighted by Gasteiger charge is 2.10. The van der Waals surface area contributed by atoms with Crippen LogP contribution < -0.4 is 11.2 Å². The van der Waals surface area contributed by atoms with E-state index in [1.165, 1.54) is 4.57 Å². The van der Waals surface area contributed by atoms with Crippen molar-refractivity contribution in [3.05, 3.63) is 30.1 Å². The maximum absolute atomic E-state index is 11.6. The molecule has 13 heavy (non-hydrogen) atoms. The number of halogens is 1. The monoisotopic (exact) mass is 294 g/mol. The molecule has 0 atom stereocenters. The number of H-pyrrole nitrogens is 1. The van der Waals surface area contributed by atoms with Crippen LogP contribution in [-0.2, 0) is 0 Å². The molecule has 0 aliphatic carbocycles. The fraction of sp³-hybridized carbons (Fsp3) is 0.500. The quantitative estimate of drug-likeness (QED) is 0.787. The fourth-order valence-electron chi connectivity index (χ4n) is 1.10. The van der Waals surface area contributed by atoms with Crippen LogP contribution >= 0.6 is 22.6 Å². The zero-order chi connectivity index (χ0) is 10.2. The Balaban J connectivity index is 3.64. The van der Waals surface area contributed by atoms with Gasteiger partial charge < -0.3 is 4.98 Å². The summed E-state index contributed by atoms with van der Waals surface area (Å²) in [5.41, 5.74) is 0.0854. The molecule has 0 amide bonds. The van der Waals surface area contributed by atoms with Crippen molar-refractivity contribution in [2.24, 2.45) is 0 Å². The Labute approximate surface area is 89.1 Å². The van der Waals surface area contributed by atoms with E-state index in [0.717, 1.165) is 0 Å². The van der Waals surface area contributed by atoms with Gasteiger partial charge >= 0.3 is 5.69 Å². The lowest BCUT2D eigenvalue weighted by atomic mass is 10.3. The van der Waals surface area contributed by atoms with E-state index in [2.05, 4.69) is 4.98 Å². The van der Waals surface area contributed by atoms with Crippen molar-refractivity contribution in [1.29, 1.82) is 0 Å². The van der Waals surface area contributed by atoms with Gasteiger partial charge in [0, 0.05) is 11.7 Å². The maximum atomic E-state index is 11.6. The molecule has 0 bridgehead atoms. The molecular weight excluding hydrogens is 283 g/mol. The fourth-order valence-corrected chi connectivity index (χ4v) is 1.50. The van der Waals surface area contributed by atoms with Gasteiger partial charge in [-0.2, -0.15) is 0 Å². The zero-order valence-corrected chi connectivity index (χ0v) is 9.88. The van der Waals surface area contributed by atoms with Crippen LogP contribution in [0.1, 0.15) is 25.6 Å². The molecular formula is C8H11IN2O2. The second-order valence-electron chi connectivity index (χ2n) is 3.14. The molecule has 4 nitrogen and oxygen atoms in total. The number of hydrogen-bond donors (Lipinski definition) is 1. The number of hydrogen-bond acceptors (Lipinski definition) is 2. The summed E-state index contributed by atoms with van der Waals surface area (Å²) < 4.78 is 1.79. The molecule has 0 aliphatic rings. The lowest BCUT2D eigenvalue weighted by molar-refractivity contribution is 0.540. The number of nitrogens with zero attached hydrogens (tertiary/aromatic N) is 1. The normalized spacial score (nSPS) is 10.8. The van der Waals surface area contributed by atoms with Crippen molar-refractivity contribution in [1.82, 2.24) is 9.55 Å². The van der Waals surface area contributed by atoms with Crippen molar-refractivity contribution in [3.8, 4) is 0 Å². The van der Waals surface area contributed by atoms with Crippen LogP contribution in [0.2, 0.25) is 0 Å². The van der Waals surface area contributed by atoms with Gasteiger partial charge in [0.05, 0.1) is 3.57 Å². The van der Waals surface area contributed by atoms with Crippen LogP contribution in [0.25, 0.3) is 0 Å². The SMILES string of the molecule is Cc1[nH]c(=O)n(C(C)C)c(=O)c1I. The van der Waals surface area contributed by atoms with Gasteiger partial charge in [0.15, 0.2) is 0 Å². The van der Waals surface area contributed by atoms with Crippen molar-refractivity contribution in [2.45, 2.75) is 26.8 Å². The average Bonchev–Trinajstić information content (AvgIpc) is 1.99. The third-order valence-corrected chi connectivity index (χ3v) is 3.04. The molecule has 5 heteroatoms. The first-order valence-electron chi connectivity index (χ1n) is 3.96. The minimum Gasteiger partial charge on any atom is -0.310 e. The van der Waals surface area contributed by atoms with Gasteiger partial charge in [-0.25, -0.2) is 4.79 Å². The largest absolute Gasteiger partial charge is 0.328 e. The second kappa shape index (κ2) is 3.65. The van der Waals surface area contributed by atoms with Gasteiger partial charge in [-0.3, -0.25) is 9.36 Å². The van der Waals surface area contributed by atoms with Crippen molar-refractivity contribution < 1.29 is 0 Å². The molecule has 1 aromatic rings. The van der Waals surface area contributed by atoms with Crippen molar-refractivity contribution >= 4 is 22.6 Å². The first-order valence-corrected chi connectivity index (χ1v) is 5.04. The number of aryl methyl sites for hydroxylation is 1. The van der Waals surface area contributed by atoms with Gasteiger partial charge in [0.2, 0.25) is 0 Å². The minimum atomic E-state index is -0.335. The summed E-state index contributed by atoms with van der Waals surface area (Å²) in [5, 5.41) is 0. The maximum Gasteiger partial charge on any atom is 0.328 e. The van der Waals surface area contributed by atoms with E-state index in [-0.39, 0.29) is 17.3 Å². The topological polar surface area (TPSA) is 54.9 Å². The van der Waals surface area contributed by atoms with Crippen LogP contribution in [-0.4, -0.2) is 9.55 Å². The highest BCUT2D eigenvalue weighted by molar-refractivity contribution is 14.1. The lowest BCUT2D eigenvalue weighted by Crippen LogP contribution is -2.38. The van der Waals surface area contributed by atoms with Crippen LogP contribution in [0.4, 0.5) is 0 Å². The van der Waals surface area contributed by atoms with Crippen LogP contribution in [0.5, 0.6) is 0 Å². The van der Waals surface area contributed by atoms with Crippen LogP contribution in [0, 0.1) is 10.5 Å². The summed E-state index contributed by atoms with van der Waals surface area (Å²) in [5.74, 6) is 0. The molecule has 1 aromatic heterocycles. The van der Waals surface area contributed by atoms with Crippen LogP contribution in [0.15, 0.2) is 9.59 Å². The Morgan fingerprint density at radius 3 is 2.38 bits per heavy atom. The van der Waals surface area contributed by atoms with E-state index < -0.39 is 0 Å². The minimum absolute atomic E-state index is 0.106. The van der Waals surface area contributed by atoms with Gasteiger partial charge in [0.1, 0.15) is 0 Å². The third kappa shape index (κ3) is 1.84. The first kappa shape index (κ1) is 10.5. The third-order valence-electron chi connectivity index (χ3n) is 1.77. The molecule has 72 valence electrons. The Hall–Kier alpha value is -0.590. The van der Waals surface area contributed by atoms with Crippen LogP contribution in [0.3, 0.4) is 0 Å². The molecule has 0 saturated heterocycles. The second-order valence-corrected chi connectivity index (χ2v) is 4.22. The summed E-state index contributed by atoms with van der Waals surface area (Å²) in [4.78, 5) is 25.6. The van der Waals surface area contributed by atoms with E-state index in [1.54, 1.807) is 6.92 Å². The highest BCUT2D eigenvalue weighted by Crippen LogP contribution is 2.02. The van der Waals surface area contributed by atoms with Gasteiger partial charge in [0.25, 0.3) is 5.56 Å². The highest BCUT2D eigenvalue weighted by atomic mass is 127. The number of nitrogens with one attached hydrogen (secondary N) is 1. The van der Waals surface area contributed by atoms with E-state index in [9.17, 15) is 9.59 Å². The molecule has 0 saturated carbocycles. The molecule has 0 radical (unpaired) electrons. The summed E-state index contributed by atoms with van der Waals surface area (Å²) in [7, 11) is 0. The Kier molecular flexibility index (Phi) is 2.94. The van der Waals surface area contributed by atoms with Gasteiger partial charge in [-0.1, -0.05) is 0 Å². The van der Waals surface area contributed by atoms with E-state index >= 15 is 0 Å². The summed E-state index contributed by atoms with van der Waals surface area (Å²) in [6.45, 7) is 5.33. The average molecular weight is 294 g/mol.